The zero-order valence-electron chi connectivity index (χ0n) is 13.4. The fourth-order valence-electron chi connectivity index (χ4n) is 1.94. The van der Waals surface area contributed by atoms with E-state index in [-0.39, 0.29) is 16.9 Å². The lowest BCUT2D eigenvalue weighted by atomic mass is 10.1. The van der Waals surface area contributed by atoms with Crippen LogP contribution in [0.2, 0.25) is 0 Å². The number of carbonyl (C=O) groups is 2. The van der Waals surface area contributed by atoms with Crippen LogP contribution in [0.25, 0.3) is 0 Å². The molecule has 0 aliphatic heterocycles. The Morgan fingerprint density at radius 3 is 2.58 bits per heavy atom. The number of halogens is 2. The maximum absolute atomic E-state index is 13.5. The van der Waals surface area contributed by atoms with Gasteiger partial charge in [-0.15, -0.1) is 0 Å². The van der Waals surface area contributed by atoms with Crippen LogP contribution < -0.4 is 11.1 Å². The molecular weight excluding hydrogens is 352 g/mol. The summed E-state index contributed by atoms with van der Waals surface area (Å²) in [6.45, 7) is 1.19. The predicted molar refractivity (Wildman–Crippen MR) is 87.4 cm³/mol. The van der Waals surface area contributed by atoms with Gasteiger partial charge in [-0.2, -0.15) is 0 Å². The first kappa shape index (κ1) is 18.8. The lowest BCUT2D eigenvalue weighted by Crippen LogP contribution is -2.30. The third kappa shape index (κ3) is 4.29. The molecule has 8 nitrogen and oxygen atoms in total. The summed E-state index contributed by atoms with van der Waals surface area (Å²) in [5.74, 6) is -3.64. The predicted octanol–water partition coefficient (Wildman–Crippen LogP) is 2.64. The lowest BCUT2D eigenvalue weighted by molar-refractivity contribution is -0.384. The SMILES string of the molecule is C[C@H](OC(=O)c1cc([N+](=O)[O-])ccc1N)C(=O)Nc1cc(F)ccc1F. The minimum atomic E-state index is -1.40. The first-order valence-corrected chi connectivity index (χ1v) is 7.20. The molecule has 2 rings (SSSR count). The summed E-state index contributed by atoms with van der Waals surface area (Å²) in [5.41, 5.74) is 4.40. The summed E-state index contributed by atoms with van der Waals surface area (Å²) in [4.78, 5) is 34.1. The van der Waals surface area contributed by atoms with Gasteiger partial charge in [0.2, 0.25) is 0 Å². The first-order chi connectivity index (χ1) is 12.2. The molecule has 3 N–H and O–H groups in total. The molecule has 1 amide bonds. The second-order valence-corrected chi connectivity index (χ2v) is 5.19. The molecule has 0 heterocycles. The van der Waals surface area contributed by atoms with E-state index in [1.807, 2.05) is 0 Å². The zero-order valence-corrected chi connectivity index (χ0v) is 13.4. The van der Waals surface area contributed by atoms with Crippen molar-refractivity contribution in [1.82, 2.24) is 0 Å². The number of non-ortho nitro benzene ring substituents is 1. The van der Waals surface area contributed by atoms with E-state index >= 15 is 0 Å². The van der Waals surface area contributed by atoms with E-state index in [1.54, 1.807) is 0 Å². The fraction of sp³-hybridized carbons (Fsp3) is 0.125. The number of anilines is 2. The highest BCUT2D eigenvalue weighted by atomic mass is 19.1. The molecule has 0 aliphatic rings. The van der Waals surface area contributed by atoms with Gasteiger partial charge in [0.05, 0.1) is 16.2 Å². The number of rotatable bonds is 5. The number of nitrogens with zero attached hydrogens (tertiary/aromatic N) is 1. The van der Waals surface area contributed by atoms with Gasteiger partial charge in [0.15, 0.2) is 6.10 Å². The van der Waals surface area contributed by atoms with Crippen LogP contribution >= 0.6 is 0 Å². The van der Waals surface area contributed by atoms with Gasteiger partial charge < -0.3 is 15.8 Å². The van der Waals surface area contributed by atoms with Crippen LogP contribution in [0.4, 0.5) is 25.8 Å². The molecule has 0 spiro atoms. The molecule has 0 aliphatic carbocycles. The first-order valence-electron chi connectivity index (χ1n) is 7.20. The van der Waals surface area contributed by atoms with Crippen molar-refractivity contribution in [2.24, 2.45) is 0 Å². The monoisotopic (exact) mass is 365 g/mol. The summed E-state index contributed by atoms with van der Waals surface area (Å²) in [6.07, 6.45) is -1.40. The van der Waals surface area contributed by atoms with E-state index in [0.717, 1.165) is 36.4 Å². The molecule has 26 heavy (non-hydrogen) atoms. The highest BCUT2D eigenvalue weighted by Gasteiger charge is 2.23. The van der Waals surface area contributed by atoms with E-state index in [2.05, 4.69) is 5.32 Å². The molecular formula is C16H13F2N3O5. The topological polar surface area (TPSA) is 125 Å². The van der Waals surface area contributed by atoms with Crippen LogP contribution in [0.15, 0.2) is 36.4 Å². The van der Waals surface area contributed by atoms with Gasteiger partial charge in [-0.25, -0.2) is 13.6 Å². The Hall–Kier alpha value is -3.56. The van der Waals surface area contributed by atoms with Crippen LogP contribution in [-0.2, 0) is 9.53 Å². The summed E-state index contributed by atoms with van der Waals surface area (Å²) in [7, 11) is 0. The van der Waals surface area contributed by atoms with Crippen LogP contribution in [0.5, 0.6) is 0 Å². The van der Waals surface area contributed by atoms with Crippen molar-refractivity contribution in [1.29, 1.82) is 0 Å². The maximum Gasteiger partial charge on any atom is 0.341 e. The van der Waals surface area contributed by atoms with Crippen LogP contribution in [0, 0.1) is 21.7 Å². The summed E-state index contributed by atoms with van der Waals surface area (Å²) in [5, 5.41) is 12.8. The Kier molecular flexibility index (Phi) is 5.45. The number of carbonyl (C=O) groups excluding carboxylic acids is 2. The molecule has 0 radical (unpaired) electrons. The number of nitro groups is 1. The minimum Gasteiger partial charge on any atom is -0.449 e. The van der Waals surface area contributed by atoms with Crippen LogP contribution in [-0.4, -0.2) is 22.9 Å². The molecule has 0 unspecified atom stereocenters. The number of nitrogen functional groups attached to an aromatic ring is 1. The number of hydrogen-bond donors (Lipinski definition) is 2. The summed E-state index contributed by atoms with van der Waals surface area (Å²) < 4.78 is 31.5. The van der Waals surface area contributed by atoms with E-state index in [9.17, 15) is 28.5 Å². The Labute approximate surface area is 145 Å². The number of ether oxygens (including phenoxy) is 1. The maximum atomic E-state index is 13.5. The largest absolute Gasteiger partial charge is 0.449 e. The molecule has 0 bridgehead atoms. The van der Waals surface area contributed by atoms with Gasteiger partial charge in [-0.3, -0.25) is 14.9 Å². The molecule has 0 saturated heterocycles. The third-order valence-corrected chi connectivity index (χ3v) is 3.31. The van der Waals surface area contributed by atoms with Crippen LogP contribution in [0.1, 0.15) is 17.3 Å². The van der Waals surface area contributed by atoms with E-state index in [1.165, 1.54) is 6.92 Å². The number of nitrogens with two attached hydrogens (primary N) is 1. The number of esters is 1. The minimum absolute atomic E-state index is 0.0793. The van der Waals surface area contributed by atoms with Crippen molar-refractivity contribution in [2.75, 3.05) is 11.1 Å². The average molecular weight is 365 g/mol. The lowest BCUT2D eigenvalue weighted by Gasteiger charge is -2.14. The second kappa shape index (κ2) is 7.55. The highest BCUT2D eigenvalue weighted by molar-refractivity contribution is 5.99. The molecule has 0 fully saturated rings. The Morgan fingerprint density at radius 2 is 1.92 bits per heavy atom. The van der Waals surface area contributed by atoms with Gasteiger partial charge in [0.1, 0.15) is 11.6 Å². The van der Waals surface area contributed by atoms with Gasteiger partial charge >= 0.3 is 5.97 Å². The number of nitrogens with one attached hydrogen (secondary N) is 1. The molecule has 0 saturated carbocycles. The van der Waals surface area contributed by atoms with Crippen molar-refractivity contribution >= 4 is 28.9 Å². The summed E-state index contributed by atoms with van der Waals surface area (Å²) in [6, 6.07) is 5.64. The second-order valence-electron chi connectivity index (χ2n) is 5.19. The van der Waals surface area contributed by atoms with Crippen LogP contribution in [0.3, 0.4) is 0 Å². The van der Waals surface area contributed by atoms with Crippen molar-refractivity contribution in [3.8, 4) is 0 Å². The number of amides is 1. The number of nitro benzene ring substituents is 1. The fourth-order valence-corrected chi connectivity index (χ4v) is 1.94. The number of hydrogen-bond acceptors (Lipinski definition) is 6. The zero-order chi connectivity index (χ0) is 19.4. The third-order valence-electron chi connectivity index (χ3n) is 3.31. The number of benzene rings is 2. The Bertz CT molecular complexity index is 888. The molecule has 10 heteroatoms. The van der Waals surface area contributed by atoms with Crippen molar-refractivity contribution < 1.29 is 28.0 Å². The van der Waals surface area contributed by atoms with E-state index in [0.29, 0.717) is 0 Å². The van der Waals surface area contributed by atoms with Gasteiger partial charge in [-0.1, -0.05) is 0 Å². The average Bonchev–Trinajstić information content (AvgIpc) is 2.58. The van der Waals surface area contributed by atoms with Gasteiger partial charge in [0.25, 0.3) is 11.6 Å². The van der Waals surface area contributed by atoms with Crippen molar-refractivity contribution in [2.45, 2.75) is 13.0 Å². The molecule has 136 valence electrons. The smallest absolute Gasteiger partial charge is 0.341 e. The molecule has 1 atom stereocenters. The summed E-state index contributed by atoms with van der Waals surface area (Å²) >= 11 is 0. The Balaban J connectivity index is 2.11. The normalized spacial score (nSPS) is 11.5. The highest BCUT2D eigenvalue weighted by Crippen LogP contribution is 2.21. The van der Waals surface area contributed by atoms with E-state index in [4.69, 9.17) is 10.5 Å². The van der Waals surface area contributed by atoms with Gasteiger partial charge in [-0.05, 0) is 25.1 Å². The molecule has 2 aromatic carbocycles. The standard InChI is InChI=1S/C16H13F2N3O5/c1-8(15(22)20-14-6-9(17)2-4-12(14)18)26-16(23)11-7-10(21(24)25)3-5-13(11)19/h2-8H,19H2,1H3,(H,20,22)/t8-/m0/s1. The van der Waals surface area contributed by atoms with Gasteiger partial charge in [0, 0.05) is 23.9 Å². The van der Waals surface area contributed by atoms with E-state index < -0.39 is 40.2 Å². The molecule has 2 aromatic rings. The quantitative estimate of drug-likeness (QED) is 0.363. The van der Waals surface area contributed by atoms with Crippen molar-refractivity contribution in [3.63, 3.8) is 0 Å². The van der Waals surface area contributed by atoms with Crippen molar-refractivity contribution in [3.05, 3.63) is 63.7 Å². The molecule has 0 aromatic heterocycles. The Morgan fingerprint density at radius 1 is 1.23 bits per heavy atom.